The number of carbonyl (C=O) groups is 1. The fourth-order valence-electron chi connectivity index (χ4n) is 2.28. The molecule has 1 fully saturated rings. The molecule has 1 aliphatic rings. The molecule has 18 heavy (non-hydrogen) atoms. The summed E-state index contributed by atoms with van der Waals surface area (Å²) in [6.07, 6.45) is 1.52. The van der Waals surface area contributed by atoms with Crippen LogP contribution in [0.4, 0.5) is 4.39 Å². The normalized spacial score (nSPS) is 16.9. The molecule has 0 heterocycles. The number of carboxylic acid groups (broad SMARTS) is 1. The molecule has 0 amide bonds. The van der Waals surface area contributed by atoms with Gasteiger partial charge in [0, 0.05) is 13.1 Å². The summed E-state index contributed by atoms with van der Waals surface area (Å²) >= 11 is 0. The summed E-state index contributed by atoms with van der Waals surface area (Å²) in [4.78, 5) is 13.1. The maximum atomic E-state index is 13.1. The van der Waals surface area contributed by atoms with Gasteiger partial charge in [0.25, 0.3) is 0 Å². The molecule has 0 unspecified atom stereocenters. The maximum absolute atomic E-state index is 13.1. The standard InChI is InChI=1S/C14H18FNO2/c1-10-7-11(3-4-12(10)15)8-16(2)9-14(5-6-14)13(17)18/h3-4,7H,5-6,8-9H2,1-2H3,(H,17,18). The molecule has 4 heteroatoms. The summed E-state index contributed by atoms with van der Waals surface area (Å²) in [5.41, 5.74) is 1.10. The van der Waals surface area contributed by atoms with Crippen LogP contribution < -0.4 is 0 Å². The Labute approximate surface area is 106 Å². The van der Waals surface area contributed by atoms with E-state index in [-0.39, 0.29) is 5.82 Å². The number of nitrogens with zero attached hydrogens (tertiary/aromatic N) is 1. The second kappa shape index (κ2) is 4.69. The number of halogens is 1. The third-order valence-corrected chi connectivity index (χ3v) is 3.55. The zero-order valence-electron chi connectivity index (χ0n) is 10.7. The molecule has 1 N–H and O–H groups in total. The van der Waals surface area contributed by atoms with Crippen LogP contribution >= 0.6 is 0 Å². The van der Waals surface area contributed by atoms with E-state index in [2.05, 4.69) is 0 Å². The predicted molar refractivity (Wildman–Crippen MR) is 66.8 cm³/mol. The van der Waals surface area contributed by atoms with Crippen LogP contribution in [0, 0.1) is 18.2 Å². The highest BCUT2D eigenvalue weighted by Gasteiger charge is 2.50. The van der Waals surface area contributed by atoms with Crippen LogP contribution in [-0.4, -0.2) is 29.6 Å². The van der Waals surface area contributed by atoms with E-state index in [0.29, 0.717) is 18.7 Å². The smallest absolute Gasteiger partial charge is 0.310 e. The third-order valence-electron chi connectivity index (χ3n) is 3.55. The van der Waals surface area contributed by atoms with Crippen LogP contribution in [0.2, 0.25) is 0 Å². The maximum Gasteiger partial charge on any atom is 0.310 e. The molecule has 0 saturated heterocycles. The molecule has 1 aliphatic carbocycles. The van der Waals surface area contributed by atoms with Gasteiger partial charge in [-0.2, -0.15) is 0 Å². The van der Waals surface area contributed by atoms with Gasteiger partial charge in [0.2, 0.25) is 0 Å². The van der Waals surface area contributed by atoms with E-state index in [1.54, 1.807) is 13.0 Å². The Morgan fingerprint density at radius 3 is 2.67 bits per heavy atom. The van der Waals surface area contributed by atoms with E-state index in [0.717, 1.165) is 18.4 Å². The van der Waals surface area contributed by atoms with Crippen molar-refractivity contribution in [3.05, 3.63) is 35.1 Å². The lowest BCUT2D eigenvalue weighted by atomic mass is 10.1. The fraction of sp³-hybridized carbons (Fsp3) is 0.500. The van der Waals surface area contributed by atoms with Gasteiger partial charge in [-0.05, 0) is 44.0 Å². The van der Waals surface area contributed by atoms with Gasteiger partial charge in [-0.3, -0.25) is 4.79 Å². The lowest BCUT2D eigenvalue weighted by Gasteiger charge is -2.21. The average molecular weight is 251 g/mol. The van der Waals surface area contributed by atoms with Crippen LogP contribution in [-0.2, 0) is 11.3 Å². The molecule has 98 valence electrons. The number of hydrogen-bond acceptors (Lipinski definition) is 2. The number of aliphatic carboxylic acids is 1. The van der Waals surface area contributed by atoms with Crippen LogP contribution in [0.5, 0.6) is 0 Å². The topological polar surface area (TPSA) is 40.5 Å². The second-order valence-corrected chi connectivity index (χ2v) is 5.34. The minimum atomic E-state index is -0.704. The summed E-state index contributed by atoms with van der Waals surface area (Å²) in [6.45, 7) is 2.94. The zero-order valence-corrected chi connectivity index (χ0v) is 10.7. The van der Waals surface area contributed by atoms with Crippen molar-refractivity contribution in [1.29, 1.82) is 0 Å². The van der Waals surface area contributed by atoms with Gasteiger partial charge in [-0.25, -0.2) is 4.39 Å². The fourth-order valence-corrected chi connectivity index (χ4v) is 2.28. The van der Waals surface area contributed by atoms with Gasteiger partial charge in [0.1, 0.15) is 5.82 Å². The summed E-state index contributed by atoms with van der Waals surface area (Å²) in [7, 11) is 1.90. The van der Waals surface area contributed by atoms with E-state index < -0.39 is 11.4 Å². The number of aryl methyl sites for hydroxylation is 1. The highest BCUT2D eigenvalue weighted by atomic mass is 19.1. The monoisotopic (exact) mass is 251 g/mol. The second-order valence-electron chi connectivity index (χ2n) is 5.34. The molecule has 1 saturated carbocycles. The molecule has 0 atom stereocenters. The van der Waals surface area contributed by atoms with E-state index in [1.165, 1.54) is 6.07 Å². The Hall–Kier alpha value is -1.42. The summed E-state index contributed by atoms with van der Waals surface area (Å²) in [5, 5.41) is 9.12. The first kappa shape index (κ1) is 13.0. The number of carboxylic acids is 1. The van der Waals surface area contributed by atoms with Gasteiger partial charge in [-0.1, -0.05) is 12.1 Å². The van der Waals surface area contributed by atoms with E-state index in [4.69, 9.17) is 5.11 Å². The van der Waals surface area contributed by atoms with Crippen molar-refractivity contribution in [2.24, 2.45) is 5.41 Å². The van der Waals surface area contributed by atoms with E-state index in [9.17, 15) is 9.18 Å². The first-order valence-electron chi connectivity index (χ1n) is 6.10. The van der Waals surface area contributed by atoms with Gasteiger partial charge in [0.05, 0.1) is 5.41 Å². The molecule has 0 spiro atoms. The Kier molecular flexibility index (Phi) is 3.39. The zero-order chi connectivity index (χ0) is 13.3. The average Bonchev–Trinajstić information content (AvgIpc) is 3.04. The first-order chi connectivity index (χ1) is 8.43. The minimum Gasteiger partial charge on any atom is -0.481 e. The summed E-state index contributed by atoms with van der Waals surface area (Å²) in [5.74, 6) is -0.907. The molecule has 1 aromatic carbocycles. The highest BCUT2D eigenvalue weighted by molar-refractivity contribution is 5.78. The summed E-state index contributed by atoms with van der Waals surface area (Å²) in [6, 6.07) is 5.02. The van der Waals surface area contributed by atoms with Crippen molar-refractivity contribution in [2.45, 2.75) is 26.3 Å². The lowest BCUT2D eigenvalue weighted by Crippen LogP contribution is -2.31. The number of hydrogen-bond donors (Lipinski definition) is 1. The van der Waals surface area contributed by atoms with Crippen molar-refractivity contribution in [3.8, 4) is 0 Å². The van der Waals surface area contributed by atoms with Crippen molar-refractivity contribution in [3.63, 3.8) is 0 Å². The molecule has 1 aromatic rings. The number of rotatable bonds is 5. The van der Waals surface area contributed by atoms with Crippen LogP contribution in [0.3, 0.4) is 0 Å². The molecular formula is C14H18FNO2. The van der Waals surface area contributed by atoms with Gasteiger partial charge < -0.3 is 10.0 Å². The van der Waals surface area contributed by atoms with Crippen LogP contribution in [0.25, 0.3) is 0 Å². The Balaban J connectivity index is 1.97. The Morgan fingerprint density at radius 2 is 2.17 bits per heavy atom. The first-order valence-corrected chi connectivity index (χ1v) is 6.10. The summed E-state index contributed by atoms with van der Waals surface area (Å²) < 4.78 is 13.1. The van der Waals surface area contributed by atoms with Crippen molar-refractivity contribution in [2.75, 3.05) is 13.6 Å². The molecular weight excluding hydrogens is 233 g/mol. The molecule has 0 aliphatic heterocycles. The largest absolute Gasteiger partial charge is 0.481 e. The minimum absolute atomic E-state index is 0.203. The van der Waals surface area contributed by atoms with E-state index in [1.807, 2.05) is 18.0 Å². The predicted octanol–water partition coefficient (Wildman–Crippen LogP) is 2.43. The van der Waals surface area contributed by atoms with Crippen molar-refractivity contribution < 1.29 is 14.3 Å². The van der Waals surface area contributed by atoms with Gasteiger partial charge in [-0.15, -0.1) is 0 Å². The highest BCUT2D eigenvalue weighted by Crippen LogP contribution is 2.46. The molecule has 3 nitrogen and oxygen atoms in total. The van der Waals surface area contributed by atoms with Crippen LogP contribution in [0.15, 0.2) is 18.2 Å². The van der Waals surface area contributed by atoms with Gasteiger partial charge in [0.15, 0.2) is 0 Å². The lowest BCUT2D eigenvalue weighted by molar-refractivity contribution is -0.144. The Morgan fingerprint density at radius 1 is 1.50 bits per heavy atom. The molecule has 0 aromatic heterocycles. The van der Waals surface area contributed by atoms with Crippen molar-refractivity contribution >= 4 is 5.97 Å². The Bertz CT molecular complexity index is 469. The molecule has 0 bridgehead atoms. The number of benzene rings is 1. The van der Waals surface area contributed by atoms with E-state index >= 15 is 0 Å². The molecule has 0 radical (unpaired) electrons. The molecule has 2 rings (SSSR count). The third kappa shape index (κ3) is 2.70. The van der Waals surface area contributed by atoms with Crippen molar-refractivity contribution in [1.82, 2.24) is 4.90 Å². The van der Waals surface area contributed by atoms with Gasteiger partial charge >= 0.3 is 5.97 Å². The van der Waals surface area contributed by atoms with Crippen LogP contribution in [0.1, 0.15) is 24.0 Å². The quantitative estimate of drug-likeness (QED) is 0.873. The SMILES string of the molecule is Cc1cc(CN(C)CC2(C(=O)O)CC2)ccc1F.